The Labute approximate surface area is 585 Å². The molecule has 16 rings (SSSR count). The Morgan fingerprint density at radius 1 is 0.495 bits per heavy atom. The average molecular weight is 1350 g/mol. The average Bonchev–Trinajstić information content (AvgIpc) is 1.71. The standard InChI is InChI=1S/C31H28N6O4.C26H30N6O2.C22H20N4/c1-35-19-20(17-33-35)29-18-32-27-10-9-21(15-28(27)34-29)36(22-13-23(40-2)16-24(14-22)41-3)11-6-12-37-30(38)25-7-4-5-8-26(25)31(37)39;1-27-8-9-34-23-11-21(10-22(13-23)33-3)32(16-18-4-5-18)20-6-7-24-25(12-20)30-26(15-28-24)19-14-29-31(2)17-19;1-2-4-18(5-3-1)26(15-16-6-7-16)19-8-9-20-21(12-19)25-22(14-24-20)17-10-11-23-13-17/h4-5,7-10,13-19H,6,11-12H2,1-3H3;6-7,10-15,17-18,27H,4-5,8-9,16H2,1-3H3;1-5,8-10,12-14,16H,6-7,11,15H2. The predicted molar refractivity (Wildman–Crippen MR) is 396 cm³/mol. The van der Waals surface area contributed by atoms with Crippen LogP contribution in [0.3, 0.4) is 0 Å². The molecule has 0 radical (unpaired) electrons. The number of benzene rings is 7. The number of aliphatic imine (C=N–C) groups is 1. The van der Waals surface area contributed by atoms with E-state index in [1.807, 2.05) is 101 Å². The molecule has 2 amide bonds. The smallest absolute Gasteiger partial charge is 0.261 e. The Kier molecular flexibility index (Phi) is 19.7. The minimum Gasteiger partial charge on any atom is -0.497 e. The Balaban J connectivity index is 0.000000132. The van der Waals surface area contributed by atoms with Crippen molar-refractivity contribution in [3.05, 3.63) is 212 Å². The fourth-order valence-electron chi connectivity index (χ4n) is 12.4. The van der Waals surface area contributed by atoms with Crippen molar-refractivity contribution < 1.29 is 28.5 Å². The molecule has 2 saturated carbocycles. The highest BCUT2D eigenvalue weighted by Crippen LogP contribution is 2.41. The monoisotopic (exact) mass is 1350 g/mol. The van der Waals surface area contributed by atoms with Crippen molar-refractivity contribution in [3.63, 3.8) is 0 Å². The van der Waals surface area contributed by atoms with Gasteiger partial charge in [-0.1, -0.05) is 36.4 Å². The van der Waals surface area contributed by atoms with Gasteiger partial charge in [-0.2, -0.15) is 10.2 Å². The first-order chi connectivity index (χ1) is 49.4. The number of hydrogen-bond donors (Lipinski definition) is 1. The lowest BCUT2D eigenvalue weighted by Crippen LogP contribution is -2.32. The van der Waals surface area contributed by atoms with Gasteiger partial charge in [0.2, 0.25) is 0 Å². The molecule has 101 heavy (non-hydrogen) atoms. The van der Waals surface area contributed by atoms with Crippen LogP contribution in [-0.4, -0.2) is 147 Å². The highest BCUT2D eigenvalue weighted by atomic mass is 16.5. The maximum atomic E-state index is 12.9. The fraction of sp³-hybridized carbons (Fsp3) is 0.253. The van der Waals surface area contributed by atoms with E-state index < -0.39 is 0 Å². The molecule has 0 unspecified atom stereocenters. The maximum absolute atomic E-state index is 12.9. The molecular formula is C79H78N16O6. The molecule has 7 heterocycles. The van der Waals surface area contributed by atoms with E-state index in [-0.39, 0.29) is 18.4 Å². The highest BCUT2D eigenvalue weighted by Gasteiger charge is 2.35. The van der Waals surface area contributed by atoms with Crippen molar-refractivity contribution in [1.29, 1.82) is 0 Å². The summed E-state index contributed by atoms with van der Waals surface area (Å²) in [4.78, 5) is 66.7. The van der Waals surface area contributed by atoms with Crippen molar-refractivity contribution in [1.82, 2.24) is 59.7 Å². The van der Waals surface area contributed by atoms with E-state index in [1.54, 1.807) is 73.5 Å². The van der Waals surface area contributed by atoms with Crippen LogP contribution in [0.2, 0.25) is 0 Å². The van der Waals surface area contributed by atoms with Gasteiger partial charge in [-0.3, -0.25) is 43.8 Å². The Morgan fingerprint density at radius 2 is 0.960 bits per heavy atom. The van der Waals surface area contributed by atoms with Gasteiger partial charge in [-0.15, -0.1) is 0 Å². The molecule has 0 saturated heterocycles. The van der Waals surface area contributed by atoms with E-state index in [2.05, 4.69) is 129 Å². The third-order valence-electron chi connectivity index (χ3n) is 18.1. The summed E-state index contributed by atoms with van der Waals surface area (Å²) in [6, 6.07) is 47.8. The van der Waals surface area contributed by atoms with Crippen LogP contribution >= 0.6 is 0 Å². The van der Waals surface area contributed by atoms with Crippen LogP contribution in [0.1, 0.15) is 58.5 Å². The number of fused-ring (bicyclic) bond motifs is 4. The zero-order valence-corrected chi connectivity index (χ0v) is 57.4. The fourth-order valence-corrected chi connectivity index (χ4v) is 12.4. The van der Waals surface area contributed by atoms with Gasteiger partial charge in [0.25, 0.3) is 11.8 Å². The summed E-state index contributed by atoms with van der Waals surface area (Å²) in [7, 11) is 10.6. The van der Waals surface area contributed by atoms with Gasteiger partial charge in [0.1, 0.15) is 29.6 Å². The van der Waals surface area contributed by atoms with Gasteiger partial charge in [-0.05, 0) is 130 Å². The Hall–Kier alpha value is -11.9. The van der Waals surface area contributed by atoms with Gasteiger partial charge in [-0.25, -0.2) is 15.0 Å². The lowest BCUT2D eigenvalue weighted by atomic mass is 10.1. The van der Waals surface area contributed by atoms with Crippen LogP contribution in [-0.2, 0) is 14.1 Å². The molecule has 7 aromatic carbocycles. The van der Waals surface area contributed by atoms with Crippen LogP contribution in [0.15, 0.2) is 200 Å². The summed E-state index contributed by atoms with van der Waals surface area (Å²) in [5, 5.41) is 11.6. The number of anilines is 6. The first kappa shape index (κ1) is 66.3. The molecule has 1 N–H and O–H groups in total. The predicted octanol–water partition coefficient (Wildman–Crippen LogP) is 13.7. The number of nitrogens with one attached hydrogen (secondary N) is 1. The first-order valence-corrected chi connectivity index (χ1v) is 34.0. The molecule has 510 valence electrons. The number of ether oxygens (including phenoxy) is 4. The van der Waals surface area contributed by atoms with Crippen molar-refractivity contribution >= 4 is 90.8 Å². The molecule has 0 bridgehead atoms. The minimum atomic E-state index is -0.260. The molecule has 22 nitrogen and oxygen atoms in total. The van der Waals surface area contributed by atoms with E-state index in [4.69, 9.17) is 33.9 Å². The highest BCUT2D eigenvalue weighted by molar-refractivity contribution is 6.21. The minimum absolute atomic E-state index is 0.260. The molecule has 0 atom stereocenters. The second-order valence-corrected chi connectivity index (χ2v) is 25.4. The van der Waals surface area contributed by atoms with Gasteiger partial charge in [0, 0.05) is 153 Å². The number of hydrogen-bond acceptors (Lipinski definition) is 19. The zero-order chi connectivity index (χ0) is 69.3. The number of allylic oxidation sites excluding steroid dienone is 1. The number of methoxy groups -OCH3 is 3. The molecule has 2 aliphatic heterocycles. The number of rotatable bonds is 24. The lowest BCUT2D eigenvalue weighted by molar-refractivity contribution is 0.0653. The van der Waals surface area contributed by atoms with Crippen LogP contribution < -0.4 is 39.0 Å². The molecule has 2 aliphatic carbocycles. The van der Waals surface area contributed by atoms with E-state index in [9.17, 15) is 9.59 Å². The zero-order valence-electron chi connectivity index (χ0n) is 57.4. The molecule has 2 fully saturated rings. The number of carbonyl (C=O) groups is 2. The number of imide groups is 1. The van der Waals surface area contributed by atoms with Crippen molar-refractivity contribution in [2.75, 3.05) is 89.0 Å². The normalized spacial score (nSPS) is 13.7. The van der Waals surface area contributed by atoms with E-state index >= 15 is 0 Å². The molecule has 0 spiro atoms. The number of aryl methyl sites for hydroxylation is 2. The summed E-state index contributed by atoms with van der Waals surface area (Å²) in [5.41, 5.74) is 17.5. The van der Waals surface area contributed by atoms with Gasteiger partial charge < -0.3 is 39.0 Å². The Bertz CT molecular complexity index is 4990. The SMILES string of the molecule is C1=NCC=C1c1cnc2ccc(N(CC3CC3)c3ccccc3)cc2n1.CNCCOc1cc(OC)cc(N(CC2CC2)c2ccc3ncc(-c4cnn(C)c4)nc3c2)c1.COc1cc(OC)cc(N(CCCN2C(=O)c3ccccc3C2=O)c2ccc3ncc(-c4cnn(C)c4)nc3c2)c1. The van der Waals surface area contributed by atoms with Gasteiger partial charge in [0.05, 0.1) is 120 Å². The summed E-state index contributed by atoms with van der Waals surface area (Å²) >= 11 is 0. The molecule has 4 aliphatic rings. The lowest BCUT2D eigenvalue weighted by Gasteiger charge is -2.27. The maximum Gasteiger partial charge on any atom is 0.261 e. The van der Waals surface area contributed by atoms with Crippen LogP contribution in [0.25, 0.3) is 61.2 Å². The number of likely N-dealkylation sites (N-methyl/N-ethyl adjacent to an activating group) is 1. The van der Waals surface area contributed by atoms with Crippen molar-refractivity contribution in [2.24, 2.45) is 30.9 Å². The summed E-state index contributed by atoms with van der Waals surface area (Å²) in [6.07, 6.45) is 22.5. The van der Waals surface area contributed by atoms with Crippen molar-refractivity contribution in [3.8, 4) is 45.5 Å². The number of nitrogens with zero attached hydrogens (tertiary/aromatic N) is 15. The second-order valence-electron chi connectivity index (χ2n) is 25.4. The summed E-state index contributed by atoms with van der Waals surface area (Å²) in [6.45, 7) is 4.88. The number of carbonyl (C=O) groups excluding carboxylic acids is 2. The third kappa shape index (κ3) is 15.5. The second kappa shape index (κ2) is 30.1. The molecular weight excluding hydrogens is 1270 g/mol. The summed E-state index contributed by atoms with van der Waals surface area (Å²) < 4.78 is 26.1. The van der Waals surface area contributed by atoms with E-state index in [1.165, 1.54) is 42.0 Å². The molecule has 22 heteroatoms. The quantitative estimate of drug-likeness (QED) is 0.0439. The van der Waals surface area contributed by atoms with E-state index in [0.717, 1.165) is 133 Å². The van der Waals surface area contributed by atoms with Crippen molar-refractivity contribution in [2.45, 2.75) is 32.1 Å². The van der Waals surface area contributed by atoms with Crippen LogP contribution in [0, 0.1) is 11.8 Å². The van der Waals surface area contributed by atoms with Gasteiger partial charge in [0.15, 0.2) is 0 Å². The Morgan fingerprint density at radius 3 is 1.44 bits per heavy atom. The first-order valence-electron chi connectivity index (χ1n) is 34.0. The number of aromatic nitrogens is 10. The number of para-hydroxylation sites is 1. The molecule has 5 aromatic heterocycles. The van der Waals surface area contributed by atoms with Crippen LogP contribution in [0.4, 0.5) is 34.1 Å². The molecule has 12 aromatic rings. The topological polar surface area (TPSA) is 221 Å². The summed E-state index contributed by atoms with van der Waals surface area (Å²) in [5.74, 6) is 3.81. The van der Waals surface area contributed by atoms with E-state index in [0.29, 0.717) is 48.1 Å². The largest absolute Gasteiger partial charge is 0.497 e. The third-order valence-corrected chi connectivity index (χ3v) is 18.1. The van der Waals surface area contributed by atoms with Crippen LogP contribution in [0.5, 0.6) is 23.0 Å². The number of amides is 2. The van der Waals surface area contributed by atoms with Gasteiger partial charge >= 0.3 is 0 Å².